The Bertz CT molecular complexity index is 1160. The van der Waals surface area contributed by atoms with E-state index in [1.165, 1.54) is 5.56 Å². The molecule has 0 atom stereocenters. The third kappa shape index (κ3) is 2.85. The smallest absolute Gasteiger partial charge is 0.253 e. The van der Waals surface area contributed by atoms with Crippen LogP contribution in [0.1, 0.15) is 30.8 Å². The number of fused-ring (bicyclic) bond motifs is 1. The molecule has 27 heavy (non-hydrogen) atoms. The van der Waals surface area contributed by atoms with Crippen LogP contribution in [0, 0.1) is 6.92 Å². The van der Waals surface area contributed by atoms with E-state index in [4.69, 9.17) is 0 Å². The molecule has 0 amide bonds. The molecule has 0 fully saturated rings. The number of hydrogen-bond acceptors (Lipinski definition) is 3. The number of nitrogens with zero attached hydrogens (tertiary/aromatic N) is 4. The largest absolute Gasteiger partial charge is 0.318 e. The molecule has 136 valence electrons. The average molecular weight is 358 g/mol. The summed E-state index contributed by atoms with van der Waals surface area (Å²) in [5.74, 6) is 0.882. The van der Waals surface area contributed by atoms with E-state index in [0.717, 1.165) is 28.2 Å². The Kier molecular flexibility index (Phi) is 3.95. The molecule has 3 aromatic heterocycles. The zero-order chi connectivity index (χ0) is 19.2. The van der Waals surface area contributed by atoms with Crippen LogP contribution in [0.2, 0.25) is 0 Å². The molecule has 0 saturated heterocycles. The summed E-state index contributed by atoms with van der Waals surface area (Å²) in [6.45, 7) is 6.15. The monoisotopic (exact) mass is 358 g/mol. The minimum absolute atomic E-state index is 0.0232. The fraction of sp³-hybridized carbons (Fsp3) is 0.227. The molecule has 0 N–H and O–H groups in total. The van der Waals surface area contributed by atoms with Gasteiger partial charge in [0.15, 0.2) is 5.65 Å². The number of hydrogen-bond donors (Lipinski definition) is 0. The summed E-state index contributed by atoms with van der Waals surface area (Å²) in [7, 11) is 1.78. The zero-order valence-electron chi connectivity index (χ0n) is 16.0. The minimum atomic E-state index is -0.293. The predicted octanol–water partition coefficient (Wildman–Crippen LogP) is 3.73. The lowest BCUT2D eigenvalue weighted by molar-refractivity contribution is 0.582. The number of aryl methyl sites for hydroxylation is 2. The Balaban J connectivity index is 1.89. The van der Waals surface area contributed by atoms with Crippen molar-refractivity contribution in [3.8, 4) is 11.1 Å². The maximum atomic E-state index is 12.0. The second-order valence-corrected chi connectivity index (χ2v) is 7.49. The van der Waals surface area contributed by atoms with Gasteiger partial charge in [-0.25, -0.2) is 0 Å². The summed E-state index contributed by atoms with van der Waals surface area (Å²) >= 11 is 0. The van der Waals surface area contributed by atoms with Gasteiger partial charge in [0.1, 0.15) is 5.82 Å². The number of benzene rings is 1. The molecule has 1 aromatic carbocycles. The Morgan fingerprint density at radius 2 is 1.67 bits per heavy atom. The van der Waals surface area contributed by atoms with E-state index in [0.29, 0.717) is 0 Å². The molecule has 4 rings (SSSR count). The molecular weight excluding hydrogens is 336 g/mol. The third-order valence-corrected chi connectivity index (χ3v) is 5.15. The van der Waals surface area contributed by atoms with Crippen molar-refractivity contribution in [2.45, 2.75) is 26.2 Å². The van der Waals surface area contributed by atoms with Crippen molar-refractivity contribution in [3.63, 3.8) is 0 Å². The first kappa shape index (κ1) is 17.2. The maximum absolute atomic E-state index is 12.0. The van der Waals surface area contributed by atoms with Gasteiger partial charge in [-0.2, -0.15) is 0 Å². The molecule has 5 nitrogen and oxygen atoms in total. The highest BCUT2D eigenvalue weighted by Gasteiger charge is 2.28. The van der Waals surface area contributed by atoms with Gasteiger partial charge in [0.25, 0.3) is 5.56 Å². The lowest BCUT2D eigenvalue weighted by Crippen LogP contribution is -2.22. The quantitative estimate of drug-likeness (QED) is 0.561. The van der Waals surface area contributed by atoms with E-state index >= 15 is 0 Å². The molecule has 0 radical (unpaired) electrons. The maximum Gasteiger partial charge on any atom is 0.253 e. The highest BCUT2D eigenvalue weighted by Crippen LogP contribution is 2.31. The van der Waals surface area contributed by atoms with Gasteiger partial charge in [-0.05, 0) is 55.7 Å². The second kappa shape index (κ2) is 6.20. The molecular formula is C22H22N4O. The van der Waals surface area contributed by atoms with E-state index in [9.17, 15) is 4.79 Å². The molecule has 3 heterocycles. The summed E-state index contributed by atoms with van der Waals surface area (Å²) in [6.07, 6.45) is 3.91. The van der Waals surface area contributed by atoms with Gasteiger partial charge in [-0.3, -0.25) is 9.20 Å². The van der Waals surface area contributed by atoms with E-state index in [1.807, 2.05) is 53.9 Å². The average Bonchev–Trinajstić information content (AvgIpc) is 3.10. The van der Waals surface area contributed by atoms with Gasteiger partial charge in [-0.1, -0.05) is 30.3 Å². The zero-order valence-corrected chi connectivity index (χ0v) is 16.0. The molecule has 5 heteroatoms. The predicted molar refractivity (Wildman–Crippen MR) is 107 cm³/mol. The fourth-order valence-electron chi connectivity index (χ4n) is 3.51. The van der Waals surface area contributed by atoms with Gasteiger partial charge < -0.3 is 4.57 Å². The molecule has 4 aromatic rings. The Labute approximate surface area is 157 Å². The topological polar surface area (TPSA) is 52.2 Å². The van der Waals surface area contributed by atoms with Gasteiger partial charge in [-0.15, -0.1) is 10.2 Å². The minimum Gasteiger partial charge on any atom is -0.318 e. The van der Waals surface area contributed by atoms with Crippen LogP contribution in [0.4, 0.5) is 0 Å². The lowest BCUT2D eigenvalue weighted by Gasteiger charge is -2.23. The molecule has 0 bridgehead atoms. The van der Waals surface area contributed by atoms with Gasteiger partial charge >= 0.3 is 0 Å². The van der Waals surface area contributed by atoms with Crippen molar-refractivity contribution in [2.75, 3.05) is 0 Å². The first-order chi connectivity index (χ1) is 12.9. The molecule has 0 unspecified atom stereocenters. The summed E-state index contributed by atoms with van der Waals surface area (Å²) in [4.78, 5) is 12.0. The van der Waals surface area contributed by atoms with E-state index in [1.54, 1.807) is 11.6 Å². The number of aromatic nitrogens is 4. The molecule has 0 saturated carbocycles. The number of rotatable bonds is 3. The van der Waals surface area contributed by atoms with Crippen LogP contribution in [-0.4, -0.2) is 19.2 Å². The Morgan fingerprint density at radius 1 is 0.926 bits per heavy atom. The van der Waals surface area contributed by atoms with Crippen LogP contribution in [-0.2, 0) is 12.5 Å². The standard InChI is InChI=1S/C22H22N4O/c1-15-12-17(13-25(4)20(15)27)16-10-11-19-23-24-21(26(19)14-16)22(2,3)18-8-6-5-7-9-18/h5-14H,1-4H3. The van der Waals surface area contributed by atoms with Gasteiger partial charge in [0.2, 0.25) is 0 Å². The Morgan fingerprint density at radius 3 is 2.37 bits per heavy atom. The first-order valence-electron chi connectivity index (χ1n) is 8.96. The van der Waals surface area contributed by atoms with Crippen molar-refractivity contribution in [1.29, 1.82) is 0 Å². The second-order valence-electron chi connectivity index (χ2n) is 7.49. The molecule has 0 aliphatic rings. The van der Waals surface area contributed by atoms with Crippen LogP contribution in [0.15, 0.2) is 65.7 Å². The third-order valence-electron chi connectivity index (χ3n) is 5.15. The number of pyridine rings is 2. The van der Waals surface area contributed by atoms with Crippen molar-refractivity contribution < 1.29 is 0 Å². The van der Waals surface area contributed by atoms with Crippen LogP contribution < -0.4 is 5.56 Å². The SMILES string of the molecule is Cc1cc(-c2ccc3nnc(C(C)(C)c4ccccc4)n3c2)cn(C)c1=O. The van der Waals surface area contributed by atoms with Gasteiger partial charge in [0, 0.05) is 25.0 Å². The van der Waals surface area contributed by atoms with Crippen LogP contribution >= 0.6 is 0 Å². The van der Waals surface area contributed by atoms with E-state index < -0.39 is 0 Å². The molecule has 0 spiro atoms. The van der Waals surface area contributed by atoms with Gasteiger partial charge in [0.05, 0.1) is 5.41 Å². The summed E-state index contributed by atoms with van der Waals surface area (Å²) in [5, 5.41) is 8.84. The van der Waals surface area contributed by atoms with Crippen molar-refractivity contribution in [1.82, 2.24) is 19.2 Å². The highest BCUT2D eigenvalue weighted by molar-refractivity contribution is 5.64. The van der Waals surface area contributed by atoms with Crippen molar-refractivity contribution in [3.05, 3.63) is 88.2 Å². The lowest BCUT2D eigenvalue weighted by atomic mass is 9.84. The van der Waals surface area contributed by atoms with Crippen LogP contribution in [0.25, 0.3) is 16.8 Å². The first-order valence-corrected chi connectivity index (χ1v) is 8.96. The Hall–Kier alpha value is -3.21. The normalized spacial score (nSPS) is 11.9. The van der Waals surface area contributed by atoms with Crippen LogP contribution in [0.3, 0.4) is 0 Å². The summed E-state index contributed by atoms with van der Waals surface area (Å²) in [6, 6.07) is 16.2. The van der Waals surface area contributed by atoms with E-state index in [-0.39, 0.29) is 11.0 Å². The van der Waals surface area contributed by atoms with Crippen molar-refractivity contribution >= 4 is 5.65 Å². The fourth-order valence-corrected chi connectivity index (χ4v) is 3.51. The van der Waals surface area contributed by atoms with Crippen molar-refractivity contribution in [2.24, 2.45) is 7.05 Å². The summed E-state index contributed by atoms with van der Waals surface area (Å²) < 4.78 is 3.67. The highest BCUT2D eigenvalue weighted by atomic mass is 16.1. The van der Waals surface area contributed by atoms with Crippen LogP contribution in [0.5, 0.6) is 0 Å². The summed E-state index contributed by atoms with van der Waals surface area (Å²) in [5.41, 5.74) is 4.46. The molecule has 0 aliphatic heterocycles. The van der Waals surface area contributed by atoms with E-state index in [2.05, 4.69) is 42.4 Å². The molecule has 0 aliphatic carbocycles.